The van der Waals surface area contributed by atoms with Crippen molar-refractivity contribution < 1.29 is 4.79 Å². The highest BCUT2D eigenvalue weighted by Gasteiger charge is 2.22. The smallest absolute Gasteiger partial charge is 0.257 e. The molecule has 3 rings (SSSR count). The summed E-state index contributed by atoms with van der Waals surface area (Å²) < 4.78 is 0. The van der Waals surface area contributed by atoms with E-state index in [9.17, 15) is 10.1 Å². The average Bonchev–Trinajstić information content (AvgIpc) is 3.01. The average molecular weight is 302 g/mol. The Bertz CT molecular complexity index is 706. The lowest BCUT2D eigenvalue weighted by Crippen LogP contribution is -2.10. The lowest BCUT2D eigenvalue weighted by molar-refractivity contribution is 0.102. The van der Waals surface area contributed by atoms with Crippen molar-refractivity contribution in [2.75, 3.05) is 5.32 Å². The van der Waals surface area contributed by atoms with E-state index in [0.717, 1.165) is 29.7 Å². The highest BCUT2D eigenvalue weighted by molar-refractivity contribution is 7.16. The van der Waals surface area contributed by atoms with Gasteiger partial charge in [-0.25, -0.2) is 0 Å². The number of carbonyl (C=O) groups excluding carboxylic acids is 1. The number of amides is 1. The second-order valence-corrected chi connectivity index (χ2v) is 7.15. The Balaban J connectivity index is 1.89. The molecule has 0 fully saturated rings. The maximum absolute atomic E-state index is 12.2. The van der Waals surface area contributed by atoms with E-state index in [-0.39, 0.29) is 5.91 Å². The molecule has 20 heavy (non-hydrogen) atoms. The summed E-state index contributed by atoms with van der Waals surface area (Å²) in [4.78, 5) is 14.6. The third kappa shape index (κ3) is 2.37. The van der Waals surface area contributed by atoms with Crippen LogP contribution in [0.5, 0.6) is 0 Å². The Morgan fingerprint density at radius 2 is 2.20 bits per heavy atom. The Kier molecular flexibility index (Phi) is 3.60. The van der Waals surface area contributed by atoms with E-state index >= 15 is 0 Å². The fourth-order valence-electron chi connectivity index (χ4n) is 2.51. The summed E-state index contributed by atoms with van der Waals surface area (Å²) in [6, 6.07) is 4.14. The highest BCUT2D eigenvalue weighted by atomic mass is 32.1. The van der Waals surface area contributed by atoms with Crippen LogP contribution >= 0.6 is 22.7 Å². The van der Waals surface area contributed by atoms with E-state index in [1.165, 1.54) is 11.3 Å². The van der Waals surface area contributed by atoms with Gasteiger partial charge in [-0.05, 0) is 44.2 Å². The molecule has 1 amide bonds. The Labute approximate surface area is 125 Å². The van der Waals surface area contributed by atoms with Gasteiger partial charge in [-0.1, -0.05) is 0 Å². The second-order valence-electron chi connectivity index (χ2n) is 4.93. The number of nitrogens with one attached hydrogen (secondary N) is 1. The molecular formula is C15H14N2OS2. The number of hydrogen-bond donors (Lipinski definition) is 1. The van der Waals surface area contributed by atoms with Crippen LogP contribution in [0.2, 0.25) is 0 Å². The third-order valence-corrected chi connectivity index (χ3v) is 5.57. The minimum Gasteiger partial charge on any atom is -0.312 e. The van der Waals surface area contributed by atoms with Crippen LogP contribution in [0.15, 0.2) is 11.4 Å². The molecule has 2 aromatic rings. The molecule has 0 atom stereocenters. The molecule has 2 heterocycles. The number of anilines is 1. The number of carbonyl (C=O) groups is 1. The van der Waals surface area contributed by atoms with Gasteiger partial charge in [-0.3, -0.25) is 4.79 Å². The van der Waals surface area contributed by atoms with Crippen LogP contribution < -0.4 is 5.32 Å². The molecule has 0 spiro atoms. The van der Waals surface area contributed by atoms with E-state index in [0.29, 0.717) is 16.1 Å². The summed E-state index contributed by atoms with van der Waals surface area (Å²) in [7, 11) is 0. The van der Waals surface area contributed by atoms with E-state index in [4.69, 9.17) is 0 Å². The van der Waals surface area contributed by atoms with Crippen molar-refractivity contribution in [3.05, 3.63) is 37.9 Å². The molecule has 1 N–H and O–H groups in total. The minimum atomic E-state index is -0.121. The van der Waals surface area contributed by atoms with Gasteiger partial charge in [0, 0.05) is 15.1 Å². The second kappa shape index (κ2) is 5.39. The van der Waals surface area contributed by atoms with Crippen LogP contribution in [-0.2, 0) is 12.8 Å². The molecule has 0 saturated carbocycles. The number of hydrogen-bond acceptors (Lipinski definition) is 4. The summed E-state index contributed by atoms with van der Waals surface area (Å²) in [5, 5.41) is 14.8. The van der Waals surface area contributed by atoms with Crippen molar-refractivity contribution in [2.45, 2.75) is 32.6 Å². The number of rotatable bonds is 2. The minimum absolute atomic E-state index is 0.121. The number of nitrogens with zero attached hydrogens (tertiary/aromatic N) is 1. The Morgan fingerprint density at radius 1 is 1.40 bits per heavy atom. The van der Waals surface area contributed by atoms with Gasteiger partial charge in [0.2, 0.25) is 0 Å². The van der Waals surface area contributed by atoms with Gasteiger partial charge in [0.25, 0.3) is 5.91 Å². The molecule has 3 nitrogen and oxygen atoms in total. The SMILES string of the molecule is Cc1cc(C(=O)Nc2sc3c(c2C#N)CCCC3)cs1. The summed E-state index contributed by atoms with van der Waals surface area (Å²) in [5.41, 5.74) is 2.49. The van der Waals surface area contributed by atoms with Crippen LogP contribution in [0.1, 0.15) is 44.1 Å². The zero-order valence-electron chi connectivity index (χ0n) is 11.2. The Morgan fingerprint density at radius 3 is 2.90 bits per heavy atom. The molecule has 0 aromatic carbocycles. The van der Waals surface area contributed by atoms with Crippen LogP contribution in [0.4, 0.5) is 5.00 Å². The molecule has 1 aliphatic carbocycles. The van der Waals surface area contributed by atoms with Crippen LogP contribution in [-0.4, -0.2) is 5.91 Å². The lowest BCUT2D eigenvalue weighted by Gasteiger charge is -2.09. The number of thiophene rings is 2. The molecule has 0 radical (unpaired) electrons. The van der Waals surface area contributed by atoms with Gasteiger partial charge < -0.3 is 5.32 Å². The summed E-state index contributed by atoms with van der Waals surface area (Å²) in [6.45, 7) is 1.98. The van der Waals surface area contributed by atoms with Gasteiger partial charge in [0.15, 0.2) is 0 Å². The molecule has 5 heteroatoms. The van der Waals surface area contributed by atoms with Crippen molar-refractivity contribution in [3.63, 3.8) is 0 Å². The van der Waals surface area contributed by atoms with Crippen molar-refractivity contribution >= 4 is 33.6 Å². The standard InChI is InChI=1S/C15H14N2OS2/c1-9-6-10(8-19-9)14(18)17-15-12(7-16)11-4-2-3-5-13(11)20-15/h6,8H,2-5H2,1H3,(H,17,18). The quantitative estimate of drug-likeness (QED) is 0.907. The molecule has 0 unspecified atom stereocenters. The molecule has 0 aliphatic heterocycles. The van der Waals surface area contributed by atoms with E-state index in [1.807, 2.05) is 18.4 Å². The van der Waals surface area contributed by atoms with Crippen LogP contribution in [0.25, 0.3) is 0 Å². The van der Waals surface area contributed by atoms with E-state index in [1.54, 1.807) is 22.7 Å². The van der Waals surface area contributed by atoms with Crippen LogP contribution in [0.3, 0.4) is 0 Å². The zero-order chi connectivity index (χ0) is 14.1. The first-order valence-corrected chi connectivity index (χ1v) is 8.30. The molecule has 0 saturated heterocycles. The highest BCUT2D eigenvalue weighted by Crippen LogP contribution is 2.37. The van der Waals surface area contributed by atoms with Gasteiger partial charge in [0.1, 0.15) is 11.1 Å². The Hall–Kier alpha value is -1.64. The summed E-state index contributed by atoms with van der Waals surface area (Å²) in [6.07, 6.45) is 4.30. The largest absolute Gasteiger partial charge is 0.312 e. The topological polar surface area (TPSA) is 52.9 Å². The lowest BCUT2D eigenvalue weighted by atomic mass is 9.96. The number of aryl methyl sites for hydroxylation is 2. The normalized spacial score (nSPS) is 13.6. The third-order valence-electron chi connectivity index (χ3n) is 3.50. The first kappa shape index (κ1) is 13.3. The van der Waals surface area contributed by atoms with Gasteiger partial charge in [-0.2, -0.15) is 5.26 Å². The fraction of sp³-hybridized carbons (Fsp3) is 0.333. The molecule has 0 bridgehead atoms. The fourth-order valence-corrected chi connectivity index (χ4v) is 4.43. The van der Waals surface area contributed by atoms with E-state index < -0.39 is 0 Å². The zero-order valence-corrected chi connectivity index (χ0v) is 12.8. The van der Waals surface area contributed by atoms with Crippen molar-refractivity contribution in [1.29, 1.82) is 5.26 Å². The van der Waals surface area contributed by atoms with Crippen molar-refractivity contribution in [2.24, 2.45) is 0 Å². The van der Waals surface area contributed by atoms with Gasteiger partial charge in [0.05, 0.1) is 11.1 Å². The van der Waals surface area contributed by atoms with Gasteiger partial charge >= 0.3 is 0 Å². The van der Waals surface area contributed by atoms with E-state index in [2.05, 4.69) is 11.4 Å². The first-order valence-electron chi connectivity index (χ1n) is 6.60. The predicted octanol–water partition coefficient (Wildman–Crippen LogP) is 4.12. The molecule has 2 aromatic heterocycles. The molecule has 1 aliphatic rings. The number of fused-ring (bicyclic) bond motifs is 1. The maximum Gasteiger partial charge on any atom is 0.257 e. The van der Waals surface area contributed by atoms with Crippen LogP contribution in [0, 0.1) is 18.3 Å². The number of nitriles is 1. The van der Waals surface area contributed by atoms with Gasteiger partial charge in [-0.15, -0.1) is 22.7 Å². The molecular weight excluding hydrogens is 288 g/mol. The predicted molar refractivity (Wildman–Crippen MR) is 82.7 cm³/mol. The van der Waals surface area contributed by atoms with Crippen molar-refractivity contribution in [1.82, 2.24) is 0 Å². The monoisotopic (exact) mass is 302 g/mol. The van der Waals surface area contributed by atoms with Crippen molar-refractivity contribution in [3.8, 4) is 6.07 Å². The summed E-state index contributed by atoms with van der Waals surface area (Å²) in [5.74, 6) is -0.121. The first-order chi connectivity index (χ1) is 9.69. The maximum atomic E-state index is 12.2. The summed E-state index contributed by atoms with van der Waals surface area (Å²) >= 11 is 3.12. The molecule has 102 valence electrons.